The maximum absolute atomic E-state index is 11.2. The van der Waals surface area contributed by atoms with Crippen molar-refractivity contribution in [3.8, 4) is 0 Å². The molecule has 1 aromatic rings. The molecule has 0 saturated heterocycles. The molecule has 0 aliphatic carbocycles. The Balaban J connectivity index is 2.96. The lowest BCUT2D eigenvalue weighted by atomic mass is 10.1. The monoisotopic (exact) mass is 212 g/mol. The van der Waals surface area contributed by atoms with Crippen LogP contribution in [0.1, 0.15) is 27.6 Å². The van der Waals surface area contributed by atoms with Crippen molar-refractivity contribution in [1.82, 2.24) is 0 Å². The molecule has 3 nitrogen and oxygen atoms in total. The van der Waals surface area contributed by atoms with Crippen LogP contribution in [-0.2, 0) is 4.74 Å². The number of ether oxygens (including phenoxy) is 1. The van der Waals surface area contributed by atoms with Gasteiger partial charge in [0.25, 0.3) is 0 Å². The van der Waals surface area contributed by atoms with Crippen LogP contribution in [0.2, 0.25) is 5.02 Å². The van der Waals surface area contributed by atoms with Gasteiger partial charge in [0.1, 0.15) is 0 Å². The molecule has 4 heteroatoms. The van der Waals surface area contributed by atoms with Crippen molar-refractivity contribution >= 4 is 23.9 Å². The van der Waals surface area contributed by atoms with Crippen LogP contribution in [0.15, 0.2) is 18.2 Å². The summed E-state index contributed by atoms with van der Waals surface area (Å²) < 4.78 is 4.77. The van der Waals surface area contributed by atoms with Crippen LogP contribution in [0, 0.1) is 0 Å². The average molecular weight is 213 g/mol. The van der Waals surface area contributed by atoms with E-state index < -0.39 is 5.97 Å². The zero-order valence-corrected chi connectivity index (χ0v) is 8.38. The largest absolute Gasteiger partial charge is 0.462 e. The third-order valence-electron chi connectivity index (χ3n) is 1.64. The molecule has 0 aliphatic rings. The Labute approximate surface area is 86.6 Å². The van der Waals surface area contributed by atoms with Gasteiger partial charge >= 0.3 is 5.97 Å². The normalized spacial score (nSPS) is 9.57. The summed E-state index contributed by atoms with van der Waals surface area (Å²) in [5.74, 6) is -0.438. The van der Waals surface area contributed by atoms with Gasteiger partial charge in [-0.15, -0.1) is 0 Å². The molecule has 0 spiro atoms. The van der Waals surface area contributed by atoms with Crippen molar-refractivity contribution < 1.29 is 14.3 Å². The molecule has 0 N–H and O–H groups in total. The smallest absolute Gasteiger partial charge is 0.338 e. The quantitative estimate of drug-likeness (QED) is 0.571. The maximum Gasteiger partial charge on any atom is 0.338 e. The van der Waals surface area contributed by atoms with Gasteiger partial charge in [0.15, 0.2) is 6.29 Å². The number of rotatable bonds is 3. The van der Waals surface area contributed by atoms with Crippen LogP contribution in [0.5, 0.6) is 0 Å². The molecule has 0 amide bonds. The summed E-state index contributed by atoms with van der Waals surface area (Å²) in [6.07, 6.45) is 0.636. The number of esters is 1. The number of benzene rings is 1. The van der Waals surface area contributed by atoms with E-state index in [1.54, 1.807) is 6.92 Å². The Kier molecular flexibility index (Phi) is 3.65. The number of carbonyl (C=O) groups is 2. The predicted molar refractivity (Wildman–Crippen MR) is 52.8 cm³/mol. The standard InChI is InChI=1S/C10H9ClO3/c1-2-14-10(13)7-3-4-8(6-12)9(11)5-7/h3-6H,2H2,1H3. The highest BCUT2D eigenvalue weighted by Gasteiger charge is 2.08. The van der Waals surface area contributed by atoms with Crippen molar-refractivity contribution in [3.05, 3.63) is 34.3 Å². The van der Waals surface area contributed by atoms with Gasteiger partial charge in [0, 0.05) is 5.56 Å². The third kappa shape index (κ3) is 2.33. The fourth-order valence-corrected chi connectivity index (χ4v) is 1.19. The van der Waals surface area contributed by atoms with E-state index in [9.17, 15) is 9.59 Å². The Morgan fingerprint density at radius 3 is 2.79 bits per heavy atom. The molecule has 0 unspecified atom stereocenters. The molecule has 74 valence electrons. The molecule has 0 radical (unpaired) electrons. The Bertz CT molecular complexity index is 360. The van der Waals surface area contributed by atoms with Crippen LogP contribution >= 0.6 is 11.6 Å². The molecular formula is C10H9ClO3. The SMILES string of the molecule is CCOC(=O)c1ccc(C=O)c(Cl)c1. The van der Waals surface area contributed by atoms with E-state index in [1.165, 1.54) is 18.2 Å². The Morgan fingerprint density at radius 1 is 1.57 bits per heavy atom. The first-order valence-corrected chi connectivity index (χ1v) is 4.48. The van der Waals surface area contributed by atoms with Crippen LogP contribution in [0.25, 0.3) is 0 Å². The fraction of sp³-hybridized carbons (Fsp3) is 0.200. The molecule has 0 aliphatic heterocycles. The molecule has 0 bridgehead atoms. The zero-order valence-electron chi connectivity index (χ0n) is 7.62. The van der Waals surface area contributed by atoms with Gasteiger partial charge in [-0.25, -0.2) is 4.79 Å². The molecule has 0 fully saturated rings. The first kappa shape index (κ1) is 10.7. The number of hydrogen-bond acceptors (Lipinski definition) is 3. The first-order valence-electron chi connectivity index (χ1n) is 4.11. The van der Waals surface area contributed by atoms with Crippen molar-refractivity contribution in [2.75, 3.05) is 6.61 Å². The van der Waals surface area contributed by atoms with Crippen molar-refractivity contribution in [2.24, 2.45) is 0 Å². The Morgan fingerprint density at radius 2 is 2.29 bits per heavy atom. The van der Waals surface area contributed by atoms with Gasteiger partial charge in [0.2, 0.25) is 0 Å². The highest BCUT2D eigenvalue weighted by Crippen LogP contribution is 2.16. The summed E-state index contributed by atoms with van der Waals surface area (Å²) in [6, 6.07) is 4.42. The van der Waals surface area contributed by atoms with Crippen LogP contribution < -0.4 is 0 Å². The summed E-state index contributed by atoms with van der Waals surface area (Å²) in [4.78, 5) is 21.7. The molecule has 1 rings (SSSR count). The van der Waals surface area contributed by atoms with Gasteiger partial charge in [-0.3, -0.25) is 4.79 Å². The molecule has 14 heavy (non-hydrogen) atoms. The van der Waals surface area contributed by atoms with E-state index in [4.69, 9.17) is 16.3 Å². The summed E-state index contributed by atoms with van der Waals surface area (Å²) >= 11 is 5.73. The topological polar surface area (TPSA) is 43.4 Å². The highest BCUT2D eigenvalue weighted by molar-refractivity contribution is 6.33. The van der Waals surface area contributed by atoms with Gasteiger partial charge in [-0.2, -0.15) is 0 Å². The summed E-state index contributed by atoms with van der Waals surface area (Å²) in [7, 11) is 0. The second kappa shape index (κ2) is 4.77. The van der Waals surface area contributed by atoms with Gasteiger partial charge in [-0.1, -0.05) is 11.6 Å². The van der Waals surface area contributed by atoms with E-state index in [0.717, 1.165) is 0 Å². The van der Waals surface area contributed by atoms with Crippen molar-refractivity contribution in [2.45, 2.75) is 6.92 Å². The second-order valence-electron chi connectivity index (χ2n) is 2.57. The fourth-order valence-electron chi connectivity index (χ4n) is 0.964. The molecule has 0 atom stereocenters. The number of halogens is 1. The van der Waals surface area contributed by atoms with E-state index in [-0.39, 0.29) is 5.02 Å². The van der Waals surface area contributed by atoms with Gasteiger partial charge < -0.3 is 4.74 Å². The average Bonchev–Trinajstić information content (AvgIpc) is 2.18. The second-order valence-corrected chi connectivity index (χ2v) is 2.98. The summed E-state index contributed by atoms with van der Waals surface area (Å²) in [6.45, 7) is 2.03. The maximum atomic E-state index is 11.2. The number of aldehydes is 1. The zero-order chi connectivity index (χ0) is 10.6. The Hall–Kier alpha value is -1.35. The number of carbonyl (C=O) groups excluding carboxylic acids is 2. The van der Waals surface area contributed by atoms with E-state index in [1.807, 2.05) is 0 Å². The minimum Gasteiger partial charge on any atom is -0.462 e. The molecule has 0 heterocycles. The molecule has 1 aromatic carbocycles. The van der Waals surface area contributed by atoms with Crippen LogP contribution in [-0.4, -0.2) is 18.9 Å². The minimum atomic E-state index is -0.438. The van der Waals surface area contributed by atoms with Gasteiger partial charge in [-0.05, 0) is 25.1 Å². The van der Waals surface area contributed by atoms with E-state index >= 15 is 0 Å². The van der Waals surface area contributed by atoms with Crippen molar-refractivity contribution in [3.63, 3.8) is 0 Å². The number of hydrogen-bond donors (Lipinski definition) is 0. The third-order valence-corrected chi connectivity index (χ3v) is 1.97. The summed E-state index contributed by atoms with van der Waals surface area (Å²) in [5.41, 5.74) is 0.710. The highest BCUT2D eigenvalue weighted by atomic mass is 35.5. The first-order chi connectivity index (χ1) is 6.69. The minimum absolute atomic E-state index is 0.255. The lowest BCUT2D eigenvalue weighted by Gasteiger charge is -2.02. The predicted octanol–water partition coefficient (Wildman–Crippen LogP) is 2.33. The van der Waals surface area contributed by atoms with E-state index in [2.05, 4.69) is 0 Å². The van der Waals surface area contributed by atoms with Crippen LogP contribution in [0.3, 0.4) is 0 Å². The van der Waals surface area contributed by atoms with Gasteiger partial charge in [0.05, 0.1) is 17.2 Å². The van der Waals surface area contributed by atoms with Crippen LogP contribution in [0.4, 0.5) is 0 Å². The molecule has 0 aromatic heterocycles. The molecule has 0 saturated carbocycles. The molecular weight excluding hydrogens is 204 g/mol. The lowest BCUT2D eigenvalue weighted by Crippen LogP contribution is -2.04. The van der Waals surface area contributed by atoms with E-state index in [0.29, 0.717) is 24.0 Å². The summed E-state index contributed by atoms with van der Waals surface area (Å²) in [5, 5.41) is 0.255. The van der Waals surface area contributed by atoms with Crippen molar-refractivity contribution in [1.29, 1.82) is 0 Å². The lowest BCUT2D eigenvalue weighted by molar-refractivity contribution is 0.0526.